The molecular formula is C17H12BrCl3F3N5O. The van der Waals surface area contributed by atoms with E-state index in [9.17, 15) is 18.0 Å². The minimum Gasteiger partial charge on any atom is -0.306 e. The topological polar surface area (TPSA) is 64.7 Å². The molecule has 0 aliphatic carbocycles. The molecule has 3 rings (SSSR count). The Kier molecular flexibility index (Phi) is 6.71. The lowest BCUT2D eigenvalue weighted by atomic mass is 10.2. The Bertz CT molecular complexity index is 1110. The molecule has 2 aromatic heterocycles. The van der Waals surface area contributed by atoms with E-state index in [0.29, 0.717) is 10.0 Å². The summed E-state index contributed by atoms with van der Waals surface area (Å²) in [6.07, 6.45) is -3.16. The number of anilines is 1. The van der Waals surface area contributed by atoms with Crippen LogP contribution in [0.25, 0.3) is 0 Å². The first kappa shape index (κ1) is 22.9. The molecule has 0 saturated heterocycles. The molecule has 0 atom stereocenters. The molecule has 0 aliphatic rings. The van der Waals surface area contributed by atoms with Gasteiger partial charge in [-0.25, -0.2) is 0 Å². The van der Waals surface area contributed by atoms with Crippen molar-refractivity contribution in [1.29, 1.82) is 0 Å². The van der Waals surface area contributed by atoms with Gasteiger partial charge in [-0.2, -0.15) is 23.4 Å². The summed E-state index contributed by atoms with van der Waals surface area (Å²) < 4.78 is 41.1. The van der Waals surface area contributed by atoms with Crippen LogP contribution < -0.4 is 5.32 Å². The summed E-state index contributed by atoms with van der Waals surface area (Å²) in [6, 6.07) is 5.00. The fourth-order valence-electron chi connectivity index (χ4n) is 2.55. The summed E-state index contributed by atoms with van der Waals surface area (Å²) in [5.74, 6) is -0.579. The lowest BCUT2D eigenvalue weighted by Crippen LogP contribution is -2.21. The summed E-state index contributed by atoms with van der Waals surface area (Å²) in [5.41, 5.74) is -0.212. The lowest BCUT2D eigenvalue weighted by molar-refractivity contribution is -0.142. The molecule has 1 amide bonds. The third kappa shape index (κ3) is 5.11. The molecule has 0 fully saturated rings. The predicted molar refractivity (Wildman–Crippen MR) is 111 cm³/mol. The quantitative estimate of drug-likeness (QED) is 0.440. The number of rotatable bonds is 5. The molecule has 0 saturated carbocycles. The number of amides is 1. The monoisotopic (exact) mass is 543 g/mol. The summed E-state index contributed by atoms with van der Waals surface area (Å²) in [6.45, 7) is 1.23. The molecule has 3 aromatic rings. The zero-order valence-electron chi connectivity index (χ0n) is 15.1. The second-order valence-corrected chi connectivity index (χ2v) is 8.25. The number of hydrogen-bond donors (Lipinski definition) is 1. The molecule has 1 N–H and O–H groups in total. The Morgan fingerprint density at radius 2 is 1.90 bits per heavy atom. The number of alkyl halides is 3. The summed E-state index contributed by atoms with van der Waals surface area (Å²) in [4.78, 5) is 12.3. The van der Waals surface area contributed by atoms with Crippen molar-refractivity contribution < 1.29 is 18.0 Å². The molecule has 2 heterocycles. The van der Waals surface area contributed by atoms with Gasteiger partial charge in [0.05, 0.1) is 16.7 Å². The molecule has 0 aliphatic heterocycles. The normalized spacial score (nSPS) is 11.7. The molecule has 30 heavy (non-hydrogen) atoms. The van der Waals surface area contributed by atoms with E-state index in [0.717, 1.165) is 10.2 Å². The van der Waals surface area contributed by atoms with Crippen LogP contribution in [0.3, 0.4) is 0 Å². The van der Waals surface area contributed by atoms with Crippen molar-refractivity contribution in [2.24, 2.45) is 0 Å². The predicted octanol–water partition coefficient (Wildman–Crippen LogP) is 5.82. The van der Waals surface area contributed by atoms with Gasteiger partial charge in [-0.1, -0.05) is 40.9 Å². The van der Waals surface area contributed by atoms with Crippen LogP contribution >= 0.6 is 50.7 Å². The first-order valence-corrected chi connectivity index (χ1v) is 10.1. The average Bonchev–Trinajstić information content (AvgIpc) is 3.11. The van der Waals surface area contributed by atoms with Gasteiger partial charge < -0.3 is 5.32 Å². The van der Waals surface area contributed by atoms with Gasteiger partial charge in [0.1, 0.15) is 11.6 Å². The van der Waals surface area contributed by atoms with Gasteiger partial charge in [-0.05, 0) is 40.5 Å². The minimum absolute atomic E-state index is 0.0617. The van der Waals surface area contributed by atoms with Crippen molar-refractivity contribution in [1.82, 2.24) is 19.6 Å². The van der Waals surface area contributed by atoms with E-state index in [2.05, 4.69) is 31.4 Å². The van der Waals surface area contributed by atoms with Gasteiger partial charge in [0.25, 0.3) is 0 Å². The Balaban J connectivity index is 1.72. The fourth-order valence-corrected chi connectivity index (χ4v) is 3.73. The molecule has 160 valence electrons. The maximum atomic E-state index is 13.0. The van der Waals surface area contributed by atoms with Crippen LogP contribution in [0.4, 0.5) is 19.0 Å². The maximum Gasteiger partial charge on any atom is 0.436 e. The SMILES string of the molecule is Cc1c(Br)c(C(F)(F)F)nn1CC(=O)Nc1nn(Cc2ccc(Cl)cc2Cl)cc1Cl. The van der Waals surface area contributed by atoms with E-state index in [4.69, 9.17) is 34.8 Å². The highest BCUT2D eigenvalue weighted by atomic mass is 79.9. The van der Waals surface area contributed by atoms with Crippen LogP contribution in [-0.4, -0.2) is 25.5 Å². The smallest absolute Gasteiger partial charge is 0.306 e. The third-order valence-corrected chi connectivity index (χ3v) is 5.83. The zero-order valence-corrected chi connectivity index (χ0v) is 18.9. The van der Waals surface area contributed by atoms with Crippen molar-refractivity contribution in [3.05, 3.63) is 60.9 Å². The largest absolute Gasteiger partial charge is 0.436 e. The van der Waals surface area contributed by atoms with Crippen molar-refractivity contribution in [2.75, 3.05) is 5.32 Å². The second-order valence-electron chi connectivity index (χ2n) is 6.21. The summed E-state index contributed by atoms with van der Waals surface area (Å²) >= 11 is 21.0. The van der Waals surface area contributed by atoms with Crippen LogP contribution in [0.5, 0.6) is 0 Å². The van der Waals surface area contributed by atoms with Gasteiger partial charge in [0.2, 0.25) is 5.91 Å². The number of aromatic nitrogens is 4. The second kappa shape index (κ2) is 8.78. The molecular weight excluding hydrogens is 533 g/mol. The first-order chi connectivity index (χ1) is 14.0. The lowest BCUT2D eigenvalue weighted by Gasteiger charge is -2.06. The minimum atomic E-state index is -4.64. The van der Waals surface area contributed by atoms with E-state index in [-0.39, 0.29) is 27.6 Å². The van der Waals surface area contributed by atoms with Crippen LogP contribution in [0.2, 0.25) is 15.1 Å². The third-order valence-electron chi connectivity index (χ3n) is 4.02. The van der Waals surface area contributed by atoms with Gasteiger partial charge >= 0.3 is 6.18 Å². The molecule has 0 unspecified atom stereocenters. The average molecular weight is 546 g/mol. The zero-order chi connectivity index (χ0) is 22.2. The van der Waals surface area contributed by atoms with Crippen molar-refractivity contribution >= 4 is 62.5 Å². The Morgan fingerprint density at radius 1 is 1.20 bits per heavy atom. The maximum absolute atomic E-state index is 13.0. The molecule has 0 bridgehead atoms. The fraction of sp³-hybridized carbons (Fsp3) is 0.235. The number of carbonyl (C=O) groups is 1. The van der Waals surface area contributed by atoms with E-state index < -0.39 is 24.3 Å². The van der Waals surface area contributed by atoms with E-state index in [1.165, 1.54) is 17.8 Å². The van der Waals surface area contributed by atoms with Crippen molar-refractivity contribution in [2.45, 2.75) is 26.2 Å². The molecule has 1 aromatic carbocycles. The van der Waals surface area contributed by atoms with Crippen LogP contribution in [0.1, 0.15) is 17.0 Å². The molecule has 13 heteroatoms. The number of nitrogens with one attached hydrogen (secondary N) is 1. The molecule has 0 spiro atoms. The summed E-state index contributed by atoms with van der Waals surface area (Å²) in [7, 11) is 0. The van der Waals surface area contributed by atoms with Gasteiger partial charge in [0, 0.05) is 16.2 Å². The number of hydrogen-bond acceptors (Lipinski definition) is 3. The van der Waals surface area contributed by atoms with E-state index >= 15 is 0 Å². The van der Waals surface area contributed by atoms with E-state index in [1.807, 2.05) is 0 Å². The van der Waals surface area contributed by atoms with Crippen LogP contribution in [0, 0.1) is 6.92 Å². The van der Waals surface area contributed by atoms with E-state index in [1.54, 1.807) is 18.2 Å². The Labute approximate surface area is 192 Å². The molecule has 6 nitrogen and oxygen atoms in total. The number of benzene rings is 1. The molecule has 0 radical (unpaired) electrons. The van der Waals surface area contributed by atoms with Gasteiger partial charge in [-0.3, -0.25) is 14.2 Å². The van der Waals surface area contributed by atoms with Crippen LogP contribution in [0.15, 0.2) is 28.9 Å². The standard InChI is InChI=1S/C17H12BrCl3F3N5O/c1-8-14(18)15(17(22,23)24)26-29(8)7-13(30)25-16-12(21)6-28(27-16)5-9-2-3-10(19)4-11(9)20/h2-4,6H,5,7H2,1H3,(H,25,27,30). The van der Waals surface area contributed by atoms with Crippen molar-refractivity contribution in [3.63, 3.8) is 0 Å². The number of halogens is 7. The van der Waals surface area contributed by atoms with Gasteiger partial charge in [0.15, 0.2) is 11.5 Å². The van der Waals surface area contributed by atoms with Gasteiger partial charge in [-0.15, -0.1) is 0 Å². The number of carbonyl (C=O) groups excluding carboxylic acids is 1. The highest BCUT2D eigenvalue weighted by Gasteiger charge is 2.38. The van der Waals surface area contributed by atoms with Crippen LogP contribution in [-0.2, 0) is 24.1 Å². The van der Waals surface area contributed by atoms with Crippen molar-refractivity contribution in [3.8, 4) is 0 Å². The first-order valence-electron chi connectivity index (χ1n) is 8.22. The Morgan fingerprint density at radius 3 is 2.50 bits per heavy atom. The highest BCUT2D eigenvalue weighted by molar-refractivity contribution is 9.10. The highest BCUT2D eigenvalue weighted by Crippen LogP contribution is 2.35. The Hall–Kier alpha value is -1.75. The number of nitrogens with zero attached hydrogens (tertiary/aromatic N) is 4. The summed E-state index contributed by atoms with van der Waals surface area (Å²) in [5, 5.41) is 11.2.